The van der Waals surface area contributed by atoms with Gasteiger partial charge in [-0.15, -0.1) is 11.3 Å². The Morgan fingerprint density at radius 3 is 2.69 bits per heavy atom. The molecule has 1 aromatic heterocycles. The normalized spacial score (nSPS) is 16.8. The second-order valence-corrected chi connectivity index (χ2v) is 4.69. The summed E-state index contributed by atoms with van der Waals surface area (Å²) in [7, 11) is 0. The number of thiophene rings is 1. The van der Waals surface area contributed by atoms with Gasteiger partial charge in [-0.25, -0.2) is 0 Å². The Morgan fingerprint density at radius 2 is 2.15 bits per heavy atom. The van der Waals surface area contributed by atoms with Crippen molar-refractivity contribution in [2.45, 2.75) is 19.8 Å². The Bertz CT molecular complexity index is 371. The SMILES string of the molecule is Cc1csc(C2=CC=C(Cl)CC2)c1. The van der Waals surface area contributed by atoms with E-state index < -0.39 is 0 Å². The first-order valence-corrected chi connectivity index (χ1v) is 5.62. The fourth-order valence-electron chi connectivity index (χ4n) is 1.42. The van der Waals surface area contributed by atoms with Crippen LogP contribution < -0.4 is 0 Å². The summed E-state index contributed by atoms with van der Waals surface area (Å²) in [6.45, 7) is 2.13. The molecule has 1 aromatic rings. The fourth-order valence-corrected chi connectivity index (χ4v) is 2.53. The molecular formula is C11H11ClS. The van der Waals surface area contributed by atoms with E-state index in [2.05, 4.69) is 24.4 Å². The number of hydrogen-bond acceptors (Lipinski definition) is 1. The zero-order chi connectivity index (χ0) is 9.26. The molecule has 2 rings (SSSR count). The fraction of sp³-hybridized carbons (Fsp3) is 0.273. The van der Waals surface area contributed by atoms with E-state index in [-0.39, 0.29) is 0 Å². The van der Waals surface area contributed by atoms with E-state index in [4.69, 9.17) is 11.6 Å². The predicted molar refractivity (Wildman–Crippen MR) is 60.2 cm³/mol. The van der Waals surface area contributed by atoms with Crippen molar-refractivity contribution in [3.8, 4) is 0 Å². The molecule has 0 unspecified atom stereocenters. The zero-order valence-electron chi connectivity index (χ0n) is 7.51. The van der Waals surface area contributed by atoms with Gasteiger partial charge in [0.25, 0.3) is 0 Å². The standard InChI is InChI=1S/C11H11ClS/c1-8-6-11(13-7-8)9-2-4-10(12)5-3-9/h2,4,6-7H,3,5H2,1H3. The lowest BCUT2D eigenvalue weighted by Crippen LogP contribution is -1.86. The molecule has 0 radical (unpaired) electrons. The smallest absolute Gasteiger partial charge is 0.0305 e. The monoisotopic (exact) mass is 210 g/mol. The summed E-state index contributed by atoms with van der Waals surface area (Å²) >= 11 is 7.71. The van der Waals surface area contributed by atoms with Gasteiger partial charge in [0.1, 0.15) is 0 Å². The van der Waals surface area contributed by atoms with Crippen molar-refractivity contribution < 1.29 is 0 Å². The molecule has 0 saturated heterocycles. The largest absolute Gasteiger partial charge is 0.144 e. The molecule has 2 heteroatoms. The highest BCUT2D eigenvalue weighted by atomic mass is 35.5. The average Bonchev–Trinajstić information content (AvgIpc) is 2.53. The Balaban J connectivity index is 2.28. The molecule has 0 nitrogen and oxygen atoms in total. The Kier molecular flexibility index (Phi) is 2.56. The highest BCUT2D eigenvalue weighted by Crippen LogP contribution is 2.31. The third-order valence-electron chi connectivity index (χ3n) is 2.15. The summed E-state index contributed by atoms with van der Waals surface area (Å²) in [4.78, 5) is 1.39. The van der Waals surface area contributed by atoms with Gasteiger partial charge in [0.2, 0.25) is 0 Å². The lowest BCUT2D eigenvalue weighted by molar-refractivity contribution is 1.04. The molecule has 1 aliphatic rings. The zero-order valence-corrected chi connectivity index (χ0v) is 9.08. The van der Waals surface area contributed by atoms with Crippen LogP contribution in [0.4, 0.5) is 0 Å². The van der Waals surface area contributed by atoms with Crippen LogP contribution in [0.2, 0.25) is 0 Å². The molecule has 0 aliphatic heterocycles. The summed E-state index contributed by atoms with van der Waals surface area (Å²) in [5.41, 5.74) is 2.77. The van der Waals surface area contributed by atoms with Gasteiger partial charge in [0, 0.05) is 9.91 Å². The van der Waals surface area contributed by atoms with Gasteiger partial charge in [-0.3, -0.25) is 0 Å². The van der Waals surface area contributed by atoms with Crippen molar-refractivity contribution in [3.63, 3.8) is 0 Å². The van der Waals surface area contributed by atoms with Gasteiger partial charge >= 0.3 is 0 Å². The number of aryl methyl sites for hydroxylation is 1. The van der Waals surface area contributed by atoms with Crippen LogP contribution in [0.1, 0.15) is 23.3 Å². The highest BCUT2D eigenvalue weighted by Gasteiger charge is 2.07. The first kappa shape index (κ1) is 9.04. The molecular weight excluding hydrogens is 200 g/mol. The maximum Gasteiger partial charge on any atom is 0.0305 e. The number of halogens is 1. The third kappa shape index (κ3) is 2.04. The number of rotatable bonds is 1. The Hall–Kier alpha value is -0.530. The highest BCUT2D eigenvalue weighted by molar-refractivity contribution is 7.11. The molecule has 0 atom stereocenters. The molecule has 0 saturated carbocycles. The predicted octanol–water partition coefficient (Wildman–Crippen LogP) is 4.36. The van der Waals surface area contributed by atoms with Crippen molar-refractivity contribution in [2.75, 3.05) is 0 Å². The summed E-state index contributed by atoms with van der Waals surface area (Å²) in [6, 6.07) is 2.24. The second kappa shape index (κ2) is 3.69. The molecule has 0 spiro atoms. The molecule has 0 fully saturated rings. The summed E-state index contributed by atoms with van der Waals surface area (Å²) < 4.78 is 0. The van der Waals surface area contributed by atoms with Crippen LogP contribution in [0.15, 0.2) is 28.6 Å². The van der Waals surface area contributed by atoms with Gasteiger partial charge in [0.15, 0.2) is 0 Å². The van der Waals surface area contributed by atoms with Gasteiger partial charge in [-0.2, -0.15) is 0 Å². The first-order chi connectivity index (χ1) is 6.25. The van der Waals surface area contributed by atoms with Crippen molar-refractivity contribution in [2.24, 2.45) is 0 Å². The maximum atomic E-state index is 5.89. The molecule has 0 N–H and O–H groups in total. The Labute approximate surface area is 87.5 Å². The van der Waals surface area contributed by atoms with E-state index in [1.54, 1.807) is 0 Å². The molecule has 0 aromatic carbocycles. The minimum atomic E-state index is 0.969. The summed E-state index contributed by atoms with van der Waals surface area (Å²) in [5, 5.41) is 3.16. The second-order valence-electron chi connectivity index (χ2n) is 3.29. The number of allylic oxidation sites excluding steroid dienone is 4. The van der Waals surface area contributed by atoms with E-state index in [1.165, 1.54) is 16.0 Å². The van der Waals surface area contributed by atoms with Gasteiger partial charge in [0.05, 0.1) is 0 Å². The van der Waals surface area contributed by atoms with Crippen LogP contribution in [0.25, 0.3) is 5.57 Å². The molecule has 1 aliphatic carbocycles. The van der Waals surface area contributed by atoms with Crippen LogP contribution >= 0.6 is 22.9 Å². The summed E-state index contributed by atoms with van der Waals surface area (Å²) in [6.07, 6.45) is 6.21. The van der Waals surface area contributed by atoms with Crippen LogP contribution in [0.3, 0.4) is 0 Å². The van der Waals surface area contributed by atoms with E-state index in [0.29, 0.717) is 0 Å². The van der Waals surface area contributed by atoms with Crippen molar-refractivity contribution in [3.05, 3.63) is 39.1 Å². The summed E-state index contributed by atoms with van der Waals surface area (Å²) in [5.74, 6) is 0. The van der Waals surface area contributed by atoms with Gasteiger partial charge in [-0.1, -0.05) is 17.7 Å². The van der Waals surface area contributed by atoms with E-state index in [9.17, 15) is 0 Å². The number of hydrogen-bond donors (Lipinski definition) is 0. The third-order valence-corrected chi connectivity index (χ3v) is 3.58. The topological polar surface area (TPSA) is 0 Å². The van der Waals surface area contributed by atoms with Crippen LogP contribution in [0, 0.1) is 6.92 Å². The lowest BCUT2D eigenvalue weighted by atomic mass is 10.0. The van der Waals surface area contributed by atoms with E-state index >= 15 is 0 Å². The van der Waals surface area contributed by atoms with Crippen LogP contribution in [0.5, 0.6) is 0 Å². The average molecular weight is 211 g/mol. The molecule has 0 bridgehead atoms. The van der Waals surface area contributed by atoms with Crippen molar-refractivity contribution in [1.29, 1.82) is 0 Å². The molecule has 68 valence electrons. The van der Waals surface area contributed by atoms with Crippen molar-refractivity contribution >= 4 is 28.5 Å². The molecule has 1 heterocycles. The van der Waals surface area contributed by atoms with Crippen LogP contribution in [-0.4, -0.2) is 0 Å². The lowest BCUT2D eigenvalue weighted by Gasteiger charge is -2.08. The molecule has 0 amide bonds. The van der Waals surface area contributed by atoms with Gasteiger partial charge in [-0.05, 0) is 48.4 Å². The van der Waals surface area contributed by atoms with Gasteiger partial charge < -0.3 is 0 Å². The Morgan fingerprint density at radius 1 is 1.31 bits per heavy atom. The van der Waals surface area contributed by atoms with E-state index in [1.807, 2.05) is 17.4 Å². The van der Waals surface area contributed by atoms with Crippen molar-refractivity contribution in [1.82, 2.24) is 0 Å². The first-order valence-electron chi connectivity index (χ1n) is 4.36. The van der Waals surface area contributed by atoms with Crippen LogP contribution in [-0.2, 0) is 0 Å². The quantitative estimate of drug-likeness (QED) is 0.646. The van der Waals surface area contributed by atoms with E-state index in [0.717, 1.165) is 17.9 Å². The maximum absolute atomic E-state index is 5.89. The minimum Gasteiger partial charge on any atom is -0.144 e. The minimum absolute atomic E-state index is 0.969. The molecule has 13 heavy (non-hydrogen) atoms.